The van der Waals surface area contributed by atoms with Gasteiger partial charge in [0.25, 0.3) is 0 Å². The Labute approximate surface area is 189 Å². The maximum Gasteiger partial charge on any atom is 0.104 e. The second kappa shape index (κ2) is 17.6. The van der Waals surface area contributed by atoms with Gasteiger partial charge < -0.3 is 4.48 Å². The molecule has 0 radical (unpaired) electrons. The van der Waals surface area contributed by atoms with Gasteiger partial charge in [0.1, 0.15) is 6.54 Å². The second-order valence-electron chi connectivity index (χ2n) is 9.51. The van der Waals surface area contributed by atoms with Crippen molar-refractivity contribution in [1.82, 2.24) is 0 Å². The van der Waals surface area contributed by atoms with Gasteiger partial charge in [0, 0.05) is 5.56 Å². The number of hydrogen-bond acceptors (Lipinski definition) is 0. The fourth-order valence-corrected chi connectivity index (χ4v) is 4.96. The van der Waals surface area contributed by atoms with Crippen LogP contribution in [0.4, 0.5) is 0 Å². The molecule has 0 bridgehead atoms. The molecule has 0 saturated heterocycles. The van der Waals surface area contributed by atoms with Gasteiger partial charge in [0.15, 0.2) is 0 Å². The molecule has 1 rings (SSSR count). The summed E-state index contributed by atoms with van der Waals surface area (Å²) < 4.78 is 1.28. The van der Waals surface area contributed by atoms with Crippen LogP contribution in [0.5, 0.6) is 0 Å². The molecule has 0 N–H and O–H groups in total. The largest absolute Gasteiger partial charge is 0.320 e. The minimum Gasteiger partial charge on any atom is -0.320 e. The normalized spacial score (nSPS) is 11.7. The lowest BCUT2D eigenvalue weighted by molar-refractivity contribution is -0.941. The zero-order valence-electron chi connectivity index (χ0n) is 20.8. The number of rotatable bonds is 20. The Kier molecular flexibility index (Phi) is 15.8. The summed E-state index contributed by atoms with van der Waals surface area (Å²) in [6.07, 6.45) is 21.7. The van der Waals surface area contributed by atoms with Crippen molar-refractivity contribution in [2.45, 2.75) is 117 Å². The first-order valence-electron chi connectivity index (χ1n) is 13.3. The van der Waals surface area contributed by atoms with Crippen LogP contribution < -0.4 is 0 Å². The topological polar surface area (TPSA) is 0 Å². The van der Waals surface area contributed by atoms with E-state index in [1.54, 1.807) is 0 Å². The summed E-state index contributed by atoms with van der Waals surface area (Å²) in [5.41, 5.74) is 2.71. The summed E-state index contributed by atoms with van der Waals surface area (Å²) in [7, 11) is 0. The first-order valence-corrected chi connectivity index (χ1v) is 13.3. The molecule has 0 aromatic heterocycles. The van der Waals surface area contributed by atoms with Crippen molar-refractivity contribution in [3.05, 3.63) is 42.0 Å². The Morgan fingerprint density at radius 1 is 0.600 bits per heavy atom. The van der Waals surface area contributed by atoms with Crippen LogP contribution in [0.3, 0.4) is 0 Å². The third-order valence-corrected chi connectivity index (χ3v) is 6.62. The Morgan fingerprint density at radius 3 is 1.50 bits per heavy atom. The minimum atomic E-state index is 1.19. The molecular weight excluding hydrogens is 362 g/mol. The number of unbranched alkanes of at least 4 members (excludes halogenated alkanes) is 11. The quantitative estimate of drug-likeness (QED) is 0.147. The van der Waals surface area contributed by atoms with Crippen molar-refractivity contribution < 1.29 is 4.48 Å². The second-order valence-corrected chi connectivity index (χ2v) is 9.51. The summed E-state index contributed by atoms with van der Waals surface area (Å²) in [6, 6.07) is 9.08. The Balaban J connectivity index is 2.32. The number of benzene rings is 1. The van der Waals surface area contributed by atoms with E-state index in [-0.39, 0.29) is 0 Å². The van der Waals surface area contributed by atoms with Gasteiger partial charge in [0.2, 0.25) is 0 Å². The molecule has 0 atom stereocenters. The van der Waals surface area contributed by atoms with Gasteiger partial charge in [-0.2, -0.15) is 0 Å². The Bertz CT molecular complexity index is 510. The average Bonchev–Trinajstić information content (AvgIpc) is 2.75. The van der Waals surface area contributed by atoms with Crippen LogP contribution in [0.2, 0.25) is 0 Å². The molecule has 0 fully saturated rings. The van der Waals surface area contributed by atoms with Crippen molar-refractivity contribution in [3.63, 3.8) is 0 Å². The first kappa shape index (κ1) is 27.0. The molecule has 0 aliphatic rings. The highest BCUT2D eigenvalue weighted by Gasteiger charge is 2.25. The zero-order chi connectivity index (χ0) is 21.9. The van der Waals surface area contributed by atoms with E-state index in [4.69, 9.17) is 0 Å². The standard InChI is InChI=1S/C29H52N/c1-5-9-10-11-12-13-14-15-16-17-18-19-26-30(24-6-2,25-7-3)27-29-22-20-28(8-4)21-23-29/h8,20-23H,4-7,9-19,24-27H2,1-3H3/q+1. The van der Waals surface area contributed by atoms with Crippen molar-refractivity contribution in [1.29, 1.82) is 0 Å². The van der Waals surface area contributed by atoms with Crippen LogP contribution >= 0.6 is 0 Å². The monoisotopic (exact) mass is 414 g/mol. The molecule has 1 nitrogen and oxygen atoms in total. The molecule has 0 spiro atoms. The van der Waals surface area contributed by atoms with E-state index in [1.165, 1.54) is 132 Å². The van der Waals surface area contributed by atoms with Crippen LogP contribution in [0.1, 0.15) is 122 Å². The van der Waals surface area contributed by atoms with Crippen LogP contribution in [0.25, 0.3) is 6.08 Å². The molecule has 0 heterocycles. The number of nitrogens with zero attached hydrogens (tertiary/aromatic N) is 1. The fourth-order valence-electron chi connectivity index (χ4n) is 4.96. The molecule has 1 aromatic carbocycles. The average molecular weight is 415 g/mol. The summed E-state index contributed by atoms with van der Waals surface area (Å²) in [5.74, 6) is 0. The predicted molar refractivity (Wildman–Crippen MR) is 137 cm³/mol. The number of quaternary nitrogens is 1. The van der Waals surface area contributed by atoms with E-state index in [9.17, 15) is 0 Å². The molecule has 0 unspecified atom stereocenters. The van der Waals surface area contributed by atoms with Crippen molar-refractivity contribution in [2.24, 2.45) is 0 Å². The van der Waals surface area contributed by atoms with E-state index in [0.29, 0.717) is 0 Å². The minimum absolute atomic E-state index is 1.19. The lowest BCUT2D eigenvalue weighted by atomic mass is 10.0. The van der Waals surface area contributed by atoms with E-state index >= 15 is 0 Å². The lowest BCUT2D eigenvalue weighted by Gasteiger charge is -2.39. The van der Waals surface area contributed by atoms with Gasteiger partial charge in [-0.25, -0.2) is 0 Å². The van der Waals surface area contributed by atoms with E-state index < -0.39 is 0 Å². The van der Waals surface area contributed by atoms with Gasteiger partial charge in [0.05, 0.1) is 19.6 Å². The molecule has 1 aromatic rings. The van der Waals surface area contributed by atoms with E-state index in [1.807, 2.05) is 6.08 Å². The highest BCUT2D eigenvalue weighted by molar-refractivity contribution is 5.47. The molecule has 0 aliphatic carbocycles. The summed E-state index contributed by atoms with van der Waals surface area (Å²) in [6.45, 7) is 16.1. The lowest BCUT2D eigenvalue weighted by Crippen LogP contribution is -2.49. The molecule has 0 amide bonds. The third kappa shape index (κ3) is 11.9. The smallest absolute Gasteiger partial charge is 0.104 e. The van der Waals surface area contributed by atoms with Crippen molar-refractivity contribution in [2.75, 3.05) is 19.6 Å². The zero-order valence-corrected chi connectivity index (χ0v) is 20.8. The summed E-state index contributed by atoms with van der Waals surface area (Å²) in [4.78, 5) is 0. The van der Waals surface area contributed by atoms with Gasteiger partial charge >= 0.3 is 0 Å². The van der Waals surface area contributed by atoms with Gasteiger partial charge in [-0.05, 0) is 31.2 Å². The number of hydrogen-bond donors (Lipinski definition) is 0. The molecule has 0 saturated carbocycles. The highest BCUT2D eigenvalue weighted by Crippen LogP contribution is 2.20. The Morgan fingerprint density at radius 2 is 1.07 bits per heavy atom. The van der Waals surface area contributed by atoms with E-state index in [0.717, 1.165) is 0 Å². The maximum atomic E-state index is 3.89. The van der Waals surface area contributed by atoms with Crippen LogP contribution in [0, 0.1) is 0 Å². The van der Waals surface area contributed by atoms with Crippen LogP contribution in [0.15, 0.2) is 30.8 Å². The van der Waals surface area contributed by atoms with Crippen LogP contribution in [-0.2, 0) is 6.54 Å². The van der Waals surface area contributed by atoms with Gasteiger partial charge in [-0.1, -0.05) is 122 Å². The summed E-state index contributed by atoms with van der Waals surface area (Å²) in [5, 5.41) is 0. The van der Waals surface area contributed by atoms with Gasteiger partial charge in [-0.3, -0.25) is 0 Å². The first-order chi connectivity index (χ1) is 14.7. The Hall–Kier alpha value is -1.08. The molecule has 1 heteroatoms. The molecule has 0 aliphatic heterocycles. The van der Waals surface area contributed by atoms with Crippen molar-refractivity contribution in [3.8, 4) is 0 Å². The maximum absolute atomic E-state index is 3.89. The molecule has 30 heavy (non-hydrogen) atoms. The van der Waals surface area contributed by atoms with Crippen LogP contribution in [-0.4, -0.2) is 24.1 Å². The fraction of sp³-hybridized carbons (Fsp3) is 0.724. The SMILES string of the molecule is C=Cc1ccc(C[N+](CCC)(CCC)CCCCCCCCCCCCCC)cc1. The van der Waals surface area contributed by atoms with Crippen molar-refractivity contribution >= 4 is 6.08 Å². The molecule has 172 valence electrons. The van der Waals surface area contributed by atoms with E-state index in [2.05, 4.69) is 51.6 Å². The third-order valence-electron chi connectivity index (χ3n) is 6.62. The highest BCUT2D eigenvalue weighted by atomic mass is 15.3. The molecular formula is C29H52N+. The summed E-state index contributed by atoms with van der Waals surface area (Å²) >= 11 is 0. The predicted octanol–water partition coefficient (Wildman–Crippen LogP) is 9.17. The van der Waals surface area contributed by atoms with Gasteiger partial charge in [-0.15, -0.1) is 0 Å².